The summed E-state index contributed by atoms with van der Waals surface area (Å²) >= 11 is 0. The highest BCUT2D eigenvalue weighted by atomic mass is 19.1. The molecular weight excluding hydrogens is 737 g/mol. The summed E-state index contributed by atoms with van der Waals surface area (Å²) in [4.78, 5) is 64.2. The normalized spacial score (nSPS) is 22.9. The third-order valence-corrected chi connectivity index (χ3v) is 11.5. The Morgan fingerprint density at radius 3 is 2.30 bits per heavy atom. The number of nitrogens with one attached hydrogen (secondary N) is 1. The first kappa shape index (κ1) is 36.4. The van der Waals surface area contributed by atoms with Gasteiger partial charge in [0.15, 0.2) is 5.65 Å². The number of aromatic nitrogens is 4. The molecule has 4 amide bonds. The molecule has 16 heteroatoms. The molecule has 292 valence electrons. The summed E-state index contributed by atoms with van der Waals surface area (Å²) in [5.74, 6) is -1.52. The summed E-state index contributed by atoms with van der Waals surface area (Å²) in [5, 5.41) is 7.63. The van der Waals surface area contributed by atoms with Crippen LogP contribution in [0, 0.1) is 11.7 Å². The van der Waals surface area contributed by atoms with Gasteiger partial charge in [-0.25, -0.2) is 23.4 Å². The zero-order chi connectivity index (χ0) is 39.4. The molecule has 14 nitrogen and oxygen atoms in total. The van der Waals surface area contributed by atoms with E-state index in [2.05, 4.69) is 20.2 Å². The third kappa shape index (κ3) is 6.73. The fourth-order valence-electron chi connectivity index (χ4n) is 8.61. The highest BCUT2D eigenvalue weighted by molar-refractivity contribution is 6.23. The minimum absolute atomic E-state index is 0.00294. The number of hydrogen-bond acceptors (Lipinski definition) is 11. The number of nitrogen functional groups attached to an aromatic ring is 1. The lowest BCUT2D eigenvalue weighted by Gasteiger charge is -2.39. The van der Waals surface area contributed by atoms with E-state index in [4.69, 9.17) is 15.6 Å². The molecule has 9 rings (SSSR count). The van der Waals surface area contributed by atoms with Crippen LogP contribution in [0.1, 0.15) is 58.9 Å². The van der Waals surface area contributed by atoms with Gasteiger partial charge in [0.1, 0.15) is 47.4 Å². The average molecular weight is 776 g/mol. The van der Waals surface area contributed by atoms with Crippen molar-refractivity contribution in [1.29, 1.82) is 0 Å². The van der Waals surface area contributed by atoms with Crippen molar-refractivity contribution in [3.63, 3.8) is 0 Å². The van der Waals surface area contributed by atoms with Crippen molar-refractivity contribution in [2.24, 2.45) is 5.92 Å². The standard InChI is InChI=1S/C41H39F2N9O5/c42-29-18-23(6-11-31(29)52-38-35(37(44)45-22-46-38)36(48-52)24-7-9-26(10-8-24)57-25-4-2-1-3-5-25)21-49-14-16-50(17-15-49)33-20-28-27(19-30(33)43)40(55)51(41(28)56)32-12-13-34(53)47-39(32)54/h1-5,7-10,19-20,22-23,29,31-32H,6,11-18,21H2,(H2,44,45,46)(H,47,53,54). The molecule has 57 heavy (non-hydrogen) atoms. The van der Waals surface area contributed by atoms with Crippen molar-refractivity contribution in [2.45, 2.75) is 50.4 Å². The Morgan fingerprint density at radius 2 is 1.58 bits per heavy atom. The van der Waals surface area contributed by atoms with E-state index in [0.717, 1.165) is 28.7 Å². The van der Waals surface area contributed by atoms with Gasteiger partial charge in [-0.05, 0) is 80.1 Å². The topological polar surface area (TPSA) is 169 Å². The van der Waals surface area contributed by atoms with Crippen molar-refractivity contribution >= 4 is 46.2 Å². The van der Waals surface area contributed by atoms with Crippen LogP contribution in [0.3, 0.4) is 0 Å². The number of rotatable bonds is 8. The van der Waals surface area contributed by atoms with Gasteiger partial charge in [0.05, 0.1) is 28.2 Å². The van der Waals surface area contributed by atoms with Crippen LogP contribution in [-0.4, -0.2) is 98.1 Å². The van der Waals surface area contributed by atoms with Crippen molar-refractivity contribution in [3.05, 3.63) is 90.0 Å². The van der Waals surface area contributed by atoms with Crippen molar-refractivity contribution < 1.29 is 32.7 Å². The molecule has 1 saturated carbocycles. The van der Waals surface area contributed by atoms with E-state index < -0.39 is 47.7 Å². The quantitative estimate of drug-likeness (QED) is 0.206. The van der Waals surface area contributed by atoms with E-state index in [-0.39, 0.29) is 41.4 Å². The number of hydrogen-bond donors (Lipinski definition) is 2. The van der Waals surface area contributed by atoms with E-state index in [0.29, 0.717) is 68.0 Å². The van der Waals surface area contributed by atoms with E-state index in [1.165, 1.54) is 12.4 Å². The highest BCUT2D eigenvalue weighted by Crippen LogP contribution is 2.40. The van der Waals surface area contributed by atoms with Gasteiger partial charge in [0, 0.05) is 44.7 Å². The van der Waals surface area contributed by atoms with Gasteiger partial charge in [-0.1, -0.05) is 18.2 Å². The number of para-hydroxylation sites is 1. The number of imide groups is 2. The van der Waals surface area contributed by atoms with Gasteiger partial charge in [-0.2, -0.15) is 5.10 Å². The number of piperidine rings is 1. The summed E-state index contributed by atoms with van der Waals surface area (Å²) in [5.41, 5.74) is 8.33. The van der Waals surface area contributed by atoms with E-state index >= 15 is 8.78 Å². The van der Waals surface area contributed by atoms with Crippen molar-refractivity contribution in [3.8, 4) is 22.8 Å². The van der Waals surface area contributed by atoms with Crippen LogP contribution >= 0.6 is 0 Å². The van der Waals surface area contributed by atoms with E-state index in [9.17, 15) is 19.2 Å². The maximum atomic E-state index is 16.2. The second kappa shape index (κ2) is 14.7. The molecule has 3 fully saturated rings. The van der Waals surface area contributed by atoms with Crippen LogP contribution in [0.25, 0.3) is 22.3 Å². The highest BCUT2D eigenvalue weighted by Gasteiger charge is 2.45. The molecular formula is C41H39F2N9O5. The fraction of sp³-hybridized carbons (Fsp3) is 0.341. The molecule has 2 saturated heterocycles. The van der Waals surface area contributed by atoms with Gasteiger partial charge in [0.2, 0.25) is 11.8 Å². The molecule has 4 aliphatic rings. The molecule has 3 N–H and O–H groups in total. The molecule has 3 aromatic carbocycles. The van der Waals surface area contributed by atoms with Crippen LogP contribution in [0.4, 0.5) is 20.3 Å². The first-order valence-electron chi connectivity index (χ1n) is 19.1. The fourth-order valence-corrected chi connectivity index (χ4v) is 8.61. The molecule has 2 aromatic heterocycles. The molecule has 1 aliphatic carbocycles. The lowest BCUT2D eigenvalue weighted by molar-refractivity contribution is -0.136. The van der Waals surface area contributed by atoms with Crippen LogP contribution in [0.5, 0.6) is 11.5 Å². The molecule has 3 aliphatic heterocycles. The SMILES string of the molecule is Nc1ncnc2c1c(-c1ccc(Oc3ccccc3)cc1)nn2C1CCC(CN2CCN(c3cc4c(cc3F)C(=O)N(C3CCC(=O)NC3=O)C4=O)CC2)CC1F. The molecule has 5 heterocycles. The summed E-state index contributed by atoms with van der Waals surface area (Å²) < 4.78 is 39.3. The minimum atomic E-state index is -1.18. The number of alkyl halides is 1. The Bertz CT molecular complexity index is 2400. The summed E-state index contributed by atoms with van der Waals surface area (Å²) in [7, 11) is 0. The zero-order valence-corrected chi connectivity index (χ0v) is 30.8. The summed E-state index contributed by atoms with van der Waals surface area (Å²) in [6.45, 7) is 2.80. The Kier molecular flexibility index (Phi) is 9.35. The van der Waals surface area contributed by atoms with E-state index in [1.807, 2.05) is 59.5 Å². The first-order chi connectivity index (χ1) is 27.6. The number of carbonyl (C=O) groups is 4. The number of anilines is 2. The third-order valence-electron chi connectivity index (χ3n) is 11.5. The van der Waals surface area contributed by atoms with Crippen LogP contribution in [0.2, 0.25) is 0 Å². The monoisotopic (exact) mass is 775 g/mol. The number of piperazine rings is 1. The second-order valence-corrected chi connectivity index (χ2v) is 15.0. The lowest BCUT2D eigenvalue weighted by Crippen LogP contribution is -2.54. The lowest BCUT2D eigenvalue weighted by atomic mass is 9.84. The molecule has 4 atom stereocenters. The van der Waals surface area contributed by atoms with Crippen molar-refractivity contribution in [1.82, 2.24) is 34.9 Å². The second-order valence-electron chi connectivity index (χ2n) is 15.0. The number of ether oxygens (including phenoxy) is 1. The maximum Gasteiger partial charge on any atom is 0.262 e. The molecule has 0 spiro atoms. The largest absolute Gasteiger partial charge is 0.457 e. The number of fused-ring (bicyclic) bond motifs is 2. The number of nitrogens with zero attached hydrogens (tertiary/aromatic N) is 7. The van der Waals surface area contributed by atoms with Gasteiger partial charge in [-0.3, -0.25) is 34.3 Å². The molecule has 4 unspecified atom stereocenters. The number of halogens is 2. The minimum Gasteiger partial charge on any atom is -0.457 e. The zero-order valence-electron chi connectivity index (χ0n) is 30.8. The molecule has 0 radical (unpaired) electrons. The van der Waals surface area contributed by atoms with Crippen LogP contribution in [-0.2, 0) is 9.59 Å². The molecule has 5 aromatic rings. The number of carbonyl (C=O) groups excluding carboxylic acids is 4. The molecule has 0 bridgehead atoms. The Labute approximate surface area is 325 Å². The Hall–Kier alpha value is -6.29. The van der Waals surface area contributed by atoms with E-state index in [1.54, 1.807) is 4.68 Å². The smallest absolute Gasteiger partial charge is 0.262 e. The van der Waals surface area contributed by atoms with Gasteiger partial charge < -0.3 is 15.4 Å². The number of nitrogens with two attached hydrogens (primary N) is 1. The van der Waals surface area contributed by atoms with Crippen LogP contribution < -0.4 is 20.7 Å². The van der Waals surface area contributed by atoms with Gasteiger partial charge in [0.25, 0.3) is 11.8 Å². The maximum absolute atomic E-state index is 16.2. The van der Waals surface area contributed by atoms with Crippen LogP contribution in [0.15, 0.2) is 73.1 Å². The number of amides is 4. The Morgan fingerprint density at radius 1 is 0.860 bits per heavy atom. The predicted molar refractivity (Wildman–Crippen MR) is 205 cm³/mol. The summed E-state index contributed by atoms with van der Waals surface area (Å²) in [6.07, 6.45) is 1.87. The van der Waals surface area contributed by atoms with Gasteiger partial charge in [-0.15, -0.1) is 0 Å². The average Bonchev–Trinajstić information content (AvgIpc) is 3.70. The predicted octanol–water partition coefficient (Wildman–Crippen LogP) is 4.91. The van der Waals surface area contributed by atoms with Gasteiger partial charge >= 0.3 is 0 Å². The van der Waals surface area contributed by atoms with Crippen molar-refractivity contribution in [2.75, 3.05) is 43.4 Å². The summed E-state index contributed by atoms with van der Waals surface area (Å²) in [6, 6.07) is 17.7. The first-order valence-corrected chi connectivity index (χ1v) is 19.1. The Balaban J connectivity index is 0.837. The number of benzene rings is 3.